The molecule has 1 aromatic heterocycles. The Hall–Kier alpha value is -3.28. The largest absolute Gasteiger partial charge is 0.497 e. The Labute approximate surface area is 164 Å². The van der Waals surface area contributed by atoms with Crippen LogP contribution in [0.15, 0.2) is 48.5 Å². The number of amides is 1. The van der Waals surface area contributed by atoms with E-state index in [1.54, 1.807) is 20.3 Å². The van der Waals surface area contributed by atoms with Gasteiger partial charge in [-0.1, -0.05) is 18.2 Å². The maximum absolute atomic E-state index is 13.1. The average molecular weight is 377 g/mol. The Morgan fingerprint density at radius 2 is 1.82 bits per heavy atom. The Morgan fingerprint density at radius 1 is 1.04 bits per heavy atom. The first-order chi connectivity index (χ1) is 13.7. The highest BCUT2D eigenvalue weighted by Crippen LogP contribution is 2.32. The molecular formula is C22H23N3O3. The summed E-state index contributed by atoms with van der Waals surface area (Å²) in [6, 6.07) is 15.1. The number of rotatable bonds is 5. The van der Waals surface area contributed by atoms with Crippen LogP contribution in [-0.4, -0.2) is 43.1 Å². The van der Waals surface area contributed by atoms with Crippen molar-refractivity contribution in [1.29, 1.82) is 0 Å². The van der Waals surface area contributed by atoms with Crippen LogP contribution in [0.4, 0.5) is 11.5 Å². The summed E-state index contributed by atoms with van der Waals surface area (Å²) in [4.78, 5) is 19.7. The molecule has 0 radical (unpaired) electrons. The topological polar surface area (TPSA) is 63.7 Å². The Kier molecular flexibility index (Phi) is 5.02. The number of pyridine rings is 1. The normalized spacial score (nSPS) is 13.6. The molecule has 0 spiro atoms. The Balaban J connectivity index is 1.75. The Morgan fingerprint density at radius 3 is 2.57 bits per heavy atom. The summed E-state index contributed by atoms with van der Waals surface area (Å²) in [6.45, 7) is 1.62. The molecule has 0 bridgehead atoms. The van der Waals surface area contributed by atoms with E-state index in [2.05, 4.69) is 10.3 Å². The van der Waals surface area contributed by atoms with Gasteiger partial charge in [0, 0.05) is 24.5 Å². The van der Waals surface area contributed by atoms with E-state index < -0.39 is 0 Å². The molecule has 1 N–H and O–H groups in total. The zero-order valence-electron chi connectivity index (χ0n) is 16.1. The molecule has 2 aromatic carbocycles. The Bertz CT molecular complexity index is 1010. The smallest absolute Gasteiger partial charge is 0.254 e. The molecule has 28 heavy (non-hydrogen) atoms. The number of methoxy groups -OCH3 is 2. The number of nitrogens with zero attached hydrogens (tertiary/aromatic N) is 2. The average Bonchev–Trinajstić information content (AvgIpc) is 3.28. The summed E-state index contributed by atoms with van der Waals surface area (Å²) in [5.74, 6) is 2.01. The van der Waals surface area contributed by atoms with Gasteiger partial charge in [0.2, 0.25) is 0 Å². The van der Waals surface area contributed by atoms with Crippen LogP contribution in [0.2, 0.25) is 0 Å². The third-order valence-corrected chi connectivity index (χ3v) is 5.01. The maximum atomic E-state index is 13.1. The quantitative estimate of drug-likeness (QED) is 0.721. The predicted octanol–water partition coefficient (Wildman–Crippen LogP) is 4.23. The second-order valence-corrected chi connectivity index (χ2v) is 6.76. The molecular weight excluding hydrogens is 354 g/mol. The van der Waals surface area contributed by atoms with Crippen molar-refractivity contribution in [3.63, 3.8) is 0 Å². The van der Waals surface area contributed by atoms with Crippen molar-refractivity contribution in [3.8, 4) is 11.5 Å². The number of nitrogens with one attached hydrogen (secondary N) is 1. The number of benzene rings is 2. The van der Waals surface area contributed by atoms with Crippen molar-refractivity contribution < 1.29 is 14.3 Å². The number of hydrogen-bond donors (Lipinski definition) is 1. The van der Waals surface area contributed by atoms with E-state index in [9.17, 15) is 4.79 Å². The van der Waals surface area contributed by atoms with E-state index in [4.69, 9.17) is 9.47 Å². The van der Waals surface area contributed by atoms with E-state index in [0.717, 1.165) is 42.5 Å². The molecule has 1 aliphatic rings. The highest BCUT2D eigenvalue weighted by Gasteiger charge is 2.22. The SMILES string of the molecule is COc1ccc(Nc2cc(C(=O)N3CCCC3)c3ccccc3n2)c(OC)c1. The van der Waals surface area contributed by atoms with Crippen LogP contribution in [0, 0.1) is 0 Å². The van der Waals surface area contributed by atoms with Gasteiger partial charge in [0.1, 0.15) is 17.3 Å². The lowest BCUT2D eigenvalue weighted by Crippen LogP contribution is -2.27. The minimum atomic E-state index is 0.0563. The third-order valence-electron chi connectivity index (χ3n) is 5.01. The summed E-state index contributed by atoms with van der Waals surface area (Å²) in [7, 11) is 3.22. The molecule has 3 aromatic rings. The number of carbonyl (C=O) groups is 1. The van der Waals surface area contributed by atoms with Crippen molar-refractivity contribution in [2.75, 3.05) is 32.6 Å². The molecule has 1 aliphatic heterocycles. The maximum Gasteiger partial charge on any atom is 0.254 e. The fraction of sp³-hybridized carbons (Fsp3) is 0.273. The summed E-state index contributed by atoms with van der Waals surface area (Å²) in [5, 5.41) is 4.16. The van der Waals surface area contributed by atoms with Gasteiger partial charge in [-0.25, -0.2) is 4.98 Å². The van der Waals surface area contributed by atoms with Crippen molar-refractivity contribution in [3.05, 3.63) is 54.1 Å². The first-order valence-corrected chi connectivity index (χ1v) is 9.37. The lowest BCUT2D eigenvalue weighted by molar-refractivity contribution is 0.0794. The number of aromatic nitrogens is 1. The number of ether oxygens (including phenoxy) is 2. The van der Waals surface area contributed by atoms with Gasteiger partial charge in [-0.15, -0.1) is 0 Å². The van der Waals surface area contributed by atoms with Gasteiger partial charge in [0.25, 0.3) is 5.91 Å². The molecule has 6 heteroatoms. The van der Waals surface area contributed by atoms with Crippen molar-refractivity contribution >= 4 is 28.3 Å². The molecule has 144 valence electrons. The summed E-state index contributed by atoms with van der Waals surface area (Å²) < 4.78 is 10.7. The monoisotopic (exact) mass is 377 g/mol. The predicted molar refractivity (Wildman–Crippen MR) is 110 cm³/mol. The van der Waals surface area contributed by atoms with Crippen molar-refractivity contribution in [2.24, 2.45) is 0 Å². The number of para-hydroxylation sites is 1. The van der Waals surface area contributed by atoms with Gasteiger partial charge in [0.05, 0.1) is 31.0 Å². The zero-order valence-corrected chi connectivity index (χ0v) is 16.1. The third kappa shape index (κ3) is 3.45. The molecule has 1 amide bonds. The highest BCUT2D eigenvalue weighted by atomic mass is 16.5. The van der Waals surface area contributed by atoms with Crippen LogP contribution in [0.25, 0.3) is 10.9 Å². The fourth-order valence-electron chi connectivity index (χ4n) is 3.55. The molecule has 2 heterocycles. The molecule has 0 saturated carbocycles. The number of likely N-dealkylation sites (tertiary alicyclic amines) is 1. The second kappa shape index (κ2) is 7.76. The molecule has 6 nitrogen and oxygen atoms in total. The van der Waals surface area contributed by atoms with Gasteiger partial charge in [-0.3, -0.25) is 4.79 Å². The van der Waals surface area contributed by atoms with E-state index in [0.29, 0.717) is 22.9 Å². The zero-order chi connectivity index (χ0) is 19.5. The van der Waals surface area contributed by atoms with Crippen LogP contribution < -0.4 is 14.8 Å². The lowest BCUT2D eigenvalue weighted by atomic mass is 10.1. The molecule has 0 atom stereocenters. The van der Waals surface area contributed by atoms with Crippen molar-refractivity contribution in [2.45, 2.75) is 12.8 Å². The summed E-state index contributed by atoms with van der Waals surface area (Å²) in [5.41, 5.74) is 2.20. The number of anilines is 2. The minimum Gasteiger partial charge on any atom is -0.497 e. The molecule has 4 rings (SSSR count). The standard InChI is InChI=1S/C22H23N3O3/c1-27-15-9-10-19(20(13-15)28-2)24-21-14-17(22(26)25-11-5-6-12-25)16-7-3-4-8-18(16)23-21/h3-4,7-10,13-14H,5-6,11-12H2,1-2H3,(H,23,24). The lowest BCUT2D eigenvalue weighted by Gasteiger charge is -2.18. The fourth-order valence-corrected chi connectivity index (χ4v) is 3.55. The summed E-state index contributed by atoms with van der Waals surface area (Å²) >= 11 is 0. The van der Waals surface area contributed by atoms with Gasteiger partial charge >= 0.3 is 0 Å². The van der Waals surface area contributed by atoms with Crippen LogP contribution in [0.3, 0.4) is 0 Å². The van der Waals surface area contributed by atoms with Gasteiger partial charge in [-0.05, 0) is 37.1 Å². The van der Waals surface area contributed by atoms with E-state index in [1.165, 1.54) is 0 Å². The van der Waals surface area contributed by atoms with E-state index in [-0.39, 0.29) is 5.91 Å². The molecule has 0 unspecified atom stereocenters. The van der Waals surface area contributed by atoms with Crippen LogP contribution in [-0.2, 0) is 0 Å². The molecule has 1 fully saturated rings. The van der Waals surface area contributed by atoms with Gasteiger partial charge < -0.3 is 19.7 Å². The van der Waals surface area contributed by atoms with E-state index in [1.807, 2.05) is 47.4 Å². The molecule has 1 saturated heterocycles. The highest BCUT2D eigenvalue weighted by molar-refractivity contribution is 6.07. The second-order valence-electron chi connectivity index (χ2n) is 6.76. The first kappa shape index (κ1) is 18.1. The number of carbonyl (C=O) groups excluding carboxylic acids is 1. The van der Waals surface area contributed by atoms with Crippen LogP contribution in [0.5, 0.6) is 11.5 Å². The van der Waals surface area contributed by atoms with Crippen molar-refractivity contribution in [1.82, 2.24) is 9.88 Å². The van der Waals surface area contributed by atoms with Gasteiger partial charge in [-0.2, -0.15) is 0 Å². The number of fused-ring (bicyclic) bond motifs is 1. The summed E-state index contributed by atoms with van der Waals surface area (Å²) in [6.07, 6.45) is 2.12. The van der Waals surface area contributed by atoms with Crippen LogP contribution >= 0.6 is 0 Å². The number of hydrogen-bond acceptors (Lipinski definition) is 5. The van der Waals surface area contributed by atoms with Crippen LogP contribution in [0.1, 0.15) is 23.2 Å². The minimum absolute atomic E-state index is 0.0563. The molecule has 0 aliphatic carbocycles. The first-order valence-electron chi connectivity index (χ1n) is 9.37. The van der Waals surface area contributed by atoms with E-state index >= 15 is 0 Å². The van der Waals surface area contributed by atoms with Gasteiger partial charge in [0.15, 0.2) is 0 Å².